The highest BCUT2D eigenvalue weighted by Crippen LogP contribution is 2.25. The van der Waals surface area contributed by atoms with Gasteiger partial charge in [-0.05, 0) is 39.0 Å². The van der Waals surface area contributed by atoms with Gasteiger partial charge in [0.15, 0.2) is 5.79 Å². The molecule has 0 N–H and O–H groups in total. The van der Waals surface area contributed by atoms with E-state index in [2.05, 4.69) is 0 Å². The number of allylic oxidation sites excluding steroid dienone is 1. The minimum Gasteiger partial charge on any atom is -0.490 e. The van der Waals surface area contributed by atoms with E-state index in [0.29, 0.717) is 19.0 Å². The van der Waals surface area contributed by atoms with E-state index in [-0.39, 0.29) is 11.9 Å². The average molecular weight is 266 g/mol. The zero-order chi connectivity index (χ0) is 13.9. The molecular formula is C15H19FO3. The lowest BCUT2D eigenvalue weighted by molar-refractivity contribution is -0.141. The zero-order valence-corrected chi connectivity index (χ0v) is 11.5. The summed E-state index contributed by atoms with van der Waals surface area (Å²) in [4.78, 5) is 0. The van der Waals surface area contributed by atoms with E-state index in [1.807, 2.05) is 32.9 Å². The maximum Gasteiger partial charge on any atom is 0.163 e. The Kier molecular flexibility index (Phi) is 4.22. The first kappa shape index (κ1) is 14.0. The molecule has 0 aromatic heterocycles. The molecule has 1 aliphatic heterocycles. The summed E-state index contributed by atoms with van der Waals surface area (Å²) in [5.74, 6) is -0.182. The largest absolute Gasteiger partial charge is 0.490 e. The quantitative estimate of drug-likeness (QED) is 0.836. The van der Waals surface area contributed by atoms with Gasteiger partial charge in [0.2, 0.25) is 0 Å². The fourth-order valence-electron chi connectivity index (χ4n) is 1.99. The Bertz CT molecular complexity index is 468. The van der Waals surface area contributed by atoms with Crippen molar-refractivity contribution in [3.05, 3.63) is 35.7 Å². The number of benzene rings is 1. The highest BCUT2D eigenvalue weighted by Gasteiger charge is 2.33. The van der Waals surface area contributed by atoms with Gasteiger partial charge in [0, 0.05) is 5.56 Å². The summed E-state index contributed by atoms with van der Waals surface area (Å²) in [5.41, 5.74) is 0.723. The van der Waals surface area contributed by atoms with Crippen molar-refractivity contribution in [1.29, 1.82) is 0 Å². The number of hydrogen-bond acceptors (Lipinski definition) is 3. The van der Waals surface area contributed by atoms with Crippen LogP contribution in [-0.4, -0.2) is 25.1 Å². The first-order valence-corrected chi connectivity index (χ1v) is 6.37. The third-order valence-corrected chi connectivity index (χ3v) is 2.81. The molecule has 1 atom stereocenters. The summed E-state index contributed by atoms with van der Waals surface area (Å²) in [5, 5.41) is 0. The van der Waals surface area contributed by atoms with Gasteiger partial charge in [-0.15, -0.1) is 0 Å². The first-order chi connectivity index (χ1) is 9.00. The Morgan fingerprint density at radius 3 is 2.89 bits per heavy atom. The second-order valence-corrected chi connectivity index (χ2v) is 4.94. The van der Waals surface area contributed by atoms with E-state index in [9.17, 15) is 4.39 Å². The Hall–Kier alpha value is -1.39. The van der Waals surface area contributed by atoms with Gasteiger partial charge in [-0.25, -0.2) is 4.39 Å². The van der Waals surface area contributed by atoms with Gasteiger partial charge in [-0.3, -0.25) is 0 Å². The third kappa shape index (κ3) is 3.78. The molecule has 19 heavy (non-hydrogen) atoms. The van der Waals surface area contributed by atoms with Crippen LogP contribution < -0.4 is 4.74 Å². The molecule has 0 radical (unpaired) electrons. The lowest BCUT2D eigenvalue weighted by Crippen LogP contribution is -2.25. The summed E-state index contributed by atoms with van der Waals surface area (Å²) in [6, 6.07) is 4.47. The van der Waals surface area contributed by atoms with Gasteiger partial charge in [0.1, 0.15) is 24.3 Å². The van der Waals surface area contributed by atoms with E-state index in [0.717, 1.165) is 5.56 Å². The fraction of sp³-hybridized carbons (Fsp3) is 0.467. The van der Waals surface area contributed by atoms with Crippen molar-refractivity contribution in [3.63, 3.8) is 0 Å². The van der Waals surface area contributed by atoms with Crippen LogP contribution in [0.1, 0.15) is 26.3 Å². The highest BCUT2D eigenvalue weighted by molar-refractivity contribution is 5.57. The van der Waals surface area contributed by atoms with E-state index < -0.39 is 5.79 Å². The molecule has 0 unspecified atom stereocenters. The van der Waals surface area contributed by atoms with Crippen molar-refractivity contribution >= 4 is 6.08 Å². The van der Waals surface area contributed by atoms with Gasteiger partial charge in [-0.1, -0.05) is 12.2 Å². The smallest absolute Gasteiger partial charge is 0.163 e. The molecular weight excluding hydrogens is 247 g/mol. The molecule has 0 spiro atoms. The van der Waals surface area contributed by atoms with Crippen LogP contribution in [0.4, 0.5) is 4.39 Å². The van der Waals surface area contributed by atoms with Crippen LogP contribution in [0, 0.1) is 5.82 Å². The molecule has 3 nitrogen and oxygen atoms in total. The summed E-state index contributed by atoms with van der Waals surface area (Å²) in [6.07, 6.45) is 3.56. The van der Waals surface area contributed by atoms with Crippen LogP contribution in [0.15, 0.2) is 24.3 Å². The molecule has 104 valence electrons. The first-order valence-electron chi connectivity index (χ1n) is 6.37. The number of ether oxygens (including phenoxy) is 3. The molecule has 1 aliphatic rings. The molecule has 1 heterocycles. The SMILES string of the molecule is C/C=C\c1cc(F)ccc1OC[C@H]1COC(C)(C)O1. The van der Waals surface area contributed by atoms with Crippen LogP contribution in [-0.2, 0) is 9.47 Å². The molecule has 1 aromatic rings. The van der Waals surface area contributed by atoms with Gasteiger partial charge >= 0.3 is 0 Å². The predicted octanol–water partition coefficient (Wildman–Crippen LogP) is 3.39. The highest BCUT2D eigenvalue weighted by atomic mass is 19.1. The van der Waals surface area contributed by atoms with E-state index in [1.165, 1.54) is 12.1 Å². The summed E-state index contributed by atoms with van der Waals surface area (Å²) >= 11 is 0. The zero-order valence-electron chi connectivity index (χ0n) is 11.5. The maximum atomic E-state index is 13.2. The Labute approximate surface area is 113 Å². The van der Waals surface area contributed by atoms with E-state index in [1.54, 1.807) is 6.07 Å². The second kappa shape index (κ2) is 5.72. The molecule has 0 aliphatic carbocycles. The minimum absolute atomic E-state index is 0.0986. The van der Waals surface area contributed by atoms with Crippen molar-refractivity contribution < 1.29 is 18.6 Å². The number of hydrogen-bond donors (Lipinski definition) is 0. The van der Waals surface area contributed by atoms with E-state index >= 15 is 0 Å². The van der Waals surface area contributed by atoms with E-state index in [4.69, 9.17) is 14.2 Å². The van der Waals surface area contributed by atoms with Gasteiger partial charge in [0.25, 0.3) is 0 Å². The van der Waals surface area contributed by atoms with Gasteiger partial charge in [0.05, 0.1) is 6.61 Å². The van der Waals surface area contributed by atoms with Gasteiger partial charge in [-0.2, -0.15) is 0 Å². The number of rotatable bonds is 4. The maximum absolute atomic E-state index is 13.2. The fourth-order valence-corrected chi connectivity index (χ4v) is 1.99. The van der Waals surface area contributed by atoms with Crippen LogP contribution in [0.5, 0.6) is 5.75 Å². The van der Waals surface area contributed by atoms with Crippen molar-refractivity contribution in [1.82, 2.24) is 0 Å². The number of halogens is 1. The standard InChI is InChI=1S/C15H19FO3/c1-4-5-11-8-12(16)6-7-14(11)17-9-13-10-18-15(2,3)19-13/h4-8,13H,9-10H2,1-3H3/b5-4-/t13-/m0/s1. The molecule has 1 aromatic carbocycles. The lowest BCUT2D eigenvalue weighted by atomic mass is 10.2. The van der Waals surface area contributed by atoms with Crippen LogP contribution in [0.3, 0.4) is 0 Å². The lowest BCUT2D eigenvalue weighted by Gasteiger charge is -2.17. The molecule has 1 fully saturated rings. The van der Waals surface area contributed by atoms with Crippen LogP contribution >= 0.6 is 0 Å². The van der Waals surface area contributed by atoms with Crippen molar-refractivity contribution in [2.45, 2.75) is 32.7 Å². The Morgan fingerprint density at radius 2 is 2.26 bits per heavy atom. The molecule has 4 heteroatoms. The molecule has 0 amide bonds. The van der Waals surface area contributed by atoms with Crippen molar-refractivity contribution in [3.8, 4) is 5.75 Å². The predicted molar refractivity (Wildman–Crippen MR) is 71.5 cm³/mol. The molecule has 1 saturated heterocycles. The average Bonchev–Trinajstić information content (AvgIpc) is 2.68. The minimum atomic E-state index is -0.553. The summed E-state index contributed by atoms with van der Waals surface area (Å²) < 4.78 is 30.0. The Balaban J connectivity index is 2.00. The third-order valence-electron chi connectivity index (χ3n) is 2.81. The Morgan fingerprint density at radius 1 is 1.47 bits per heavy atom. The summed E-state index contributed by atoms with van der Waals surface area (Å²) in [7, 11) is 0. The van der Waals surface area contributed by atoms with Crippen molar-refractivity contribution in [2.75, 3.05) is 13.2 Å². The second-order valence-electron chi connectivity index (χ2n) is 4.94. The van der Waals surface area contributed by atoms with Crippen molar-refractivity contribution in [2.24, 2.45) is 0 Å². The van der Waals surface area contributed by atoms with Crippen LogP contribution in [0.25, 0.3) is 6.08 Å². The normalized spacial score (nSPS) is 22.0. The summed E-state index contributed by atoms with van der Waals surface area (Å²) in [6.45, 7) is 6.52. The molecule has 2 rings (SSSR count). The topological polar surface area (TPSA) is 27.7 Å². The monoisotopic (exact) mass is 266 g/mol. The molecule has 0 bridgehead atoms. The molecule has 0 saturated carbocycles. The van der Waals surface area contributed by atoms with Crippen LogP contribution in [0.2, 0.25) is 0 Å². The van der Waals surface area contributed by atoms with Gasteiger partial charge < -0.3 is 14.2 Å².